The molecule has 1 heterocycles. The average Bonchev–Trinajstić information content (AvgIpc) is 3.15. The molecule has 2 aromatic carbocycles. The predicted molar refractivity (Wildman–Crippen MR) is 127 cm³/mol. The molecule has 1 amide bonds. The fourth-order valence-electron chi connectivity index (χ4n) is 3.01. The van der Waals surface area contributed by atoms with Crippen molar-refractivity contribution in [3.63, 3.8) is 0 Å². The van der Waals surface area contributed by atoms with Gasteiger partial charge in [-0.15, -0.1) is 11.8 Å². The van der Waals surface area contributed by atoms with Gasteiger partial charge in [-0.1, -0.05) is 48.4 Å². The van der Waals surface area contributed by atoms with E-state index in [4.69, 9.17) is 28.2 Å². The first-order valence-corrected chi connectivity index (χ1v) is 12.2. The van der Waals surface area contributed by atoms with Gasteiger partial charge in [0.05, 0.1) is 20.8 Å². The van der Waals surface area contributed by atoms with E-state index in [9.17, 15) is 4.79 Å². The van der Waals surface area contributed by atoms with Gasteiger partial charge in [-0.05, 0) is 55.7 Å². The Kier molecular flexibility index (Phi) is 7.82. The number of hydrogen-bond donors (Lipinski definition) is 0. The van der Waals surface area contributed by atoms with Crippen LogP contribution in [0.5, 0.6) is 0 Å². The minimum atomic E-state index is -0.186. The summed E-state index contributed by atoms with van der Waals surface area (Å²) in [4.78, 5) is 23.3. The Labute approximate surface area is 189 Å². The molecule has 0 aliphatic carbocycles. The molecule has 0 aliphatic heterocycles. The van der Waals surface area contributed by atoms with Crippen LogP contribution < -0.4 is 4.90 Å². The van der Waals surface area contributed by atoms with E-state index in [1.54, 1.807) is 34.9 Å². The van der Waals surface area contributed by atoms with E-state index in [0.29, 0.717) is 27.3 Å². The third-order valence-electron chi connectivity index (χ3n) is 4.75. The van der Waals surface area contributed by atoms with E-state index in [1.165, 1.54) is 16.2 Å². The van der Waals surface area contributed by atoms with Crippen molar-refractivity contribution in [2.45, 2.75) is 18.7 Å². The highest BCUT2D eigenvalue weighted by Crippen LogP contribution is 2.33. The maximum Gasteiger partial charge on any atom is 0.261 e. The third kappa shape index (κ3) is 5.25. The van der Waals surface area contributed by atoms with Gasteiger partial charge in [-0.3, -0.25) is 9.69 Å². The van der Waals surface area contributed by atoms with E-state index in [-0.39, 0.29) is 5.91 Å². The van der Waals surface area contributed by atoms with Crippen molar-refractivity contribution in [1.82, 2.24) is 9.88 Å². The van der Waals surface area contributed by atoms with E-state index >= 15 is 0 Å². The van der Waals surface area contributed by atoms with Crippen LogP contribution in [0.2, 0.25) is 10.0 Å². The van der Waals surface area contributed by atoms with Gasteiger partial charge in [0.1, 0.15) is 0 Å². The number of likely N-dealkylation sites (N-methyl/N-ethyl adjacent to an activating group) is 1. The van der Waals surface area contributed by atoms with Crippen LogP contribution in [0.15, 0.2) is 41.3 Å². The Bertz CT molecular complexity index is 1000. The van der Waals surface area contributed by atoms with E-state index in [2.05, 4.69) is 24.8 Å². The Morgan fingerprint density at radius 3 is 2.55 bits per heavy atom. The average molecular weight is 468 g/mol. The second-order valence-corrected chi connectivity index (χ2v) is 9.17. The molecule has 0 bridgehead atoms. The highest BCUT2D eigenvalue weighted by Gasteiger charge is 2.24. The van der Waals surface area contributed by atoms with Crippen molar-refractivity contribution < 1.29 is 4.79 Å². The summed E-state index contributed by atoms with van der Waals surface area (Å²) >= 11 is 15.7. The fourth-order valence-corrected chi connectivity index (χ4v) is 4.92. The number of anilines is 1. The SMILES string of the molecule is CCN(CC)CCN(C(=O)c1cc(Cl)ccc1Cl)c1nc2ccc(SC)cc2s1. The smallest absolute Gasteiger partial charge is 0.261 e. The van der Waals surface area contributed by atoms with Gasteiger partial charge in [0, 0.05) is 23.0 Å². The maximum absolute atomic E-state index is 13.4. The van der Waals surface area contributed by atoms with Crippen molar-refractivity contribution in [2.75, 3.05) is 37.3 Å². The van der Waals surface area contributed by atoms with Crippen LogP contribution in [-0.2, 0) is 0 Å². The van der Waals surface area contributed by atoms with Gasteiger partial charge >= 0.3 is 0 Å². The molecule has 0 aliphatic rings. The molecular weight excluding hydrogens is 445 g/mol. The third-order valence-corrected chi connectivity index (χ3v) is 7.08. The number of thioether (sulfide) groups is 1. The Hall–Kier alpha value is -1.31. The second-order valence-electron chi connectivity index (χ2n) is 6.44. The first kappa shape index (κ1) is 22.4. The number of carbonyl (C=O) groups is 1. The molecular formula is C21H23Cl2N3OS2. The van der Waals surface area contributed by atoms with Gasteiger partial charge in [-0.2, -0.15) is 0 Å². The van der Waals surface area contributed by atoms with Gasteiger partial charge in [0.25, 0.3) is 5.91 Å². The van der Waals surface area contributed by atoms with Gasteiger partial charge in [-0.25, -0.2) is 4.98 Å². The number of nitrogens with zero attached hydrogens (tertiary/aromatic N) is 3. The molecule has 154 valence electrons. The van der Waals surface area contributed by atoms with Crippen LogP contribution in [0.1, 0.15) is 24.2 Å². The zero-order valence-electron chi connectivity index (χ0n) is 16.6. The molecule has 8 heteroatoms. The standard InChI is InChI=1S/C21H23Cl2N3OS2/c1-4-25(5-2)10-11-26(20(27)16-12-14(22)6-8-17(16)23)21-24-18-9-7-15(28-3)13-19(18)29-21/h6-9,12-13H,4-5,10-11H2,1-3H3. The van der Waals surface area contributed by atoms with E-state index in [0.717, 1.165) is 29.9 Å². The lowest BCUT2D eigenvalue weighted by Gasteiger charge is -2.25. The lowest BCUT2D eigenvalue weighted by atomic mass is 10.2. The van der Waals surface area contributed by atoms with E-state index < -0.39 is 0 Å². The van der Waals surface area contributed by atoms with Crippen LogP contribution in [0, 0.1) is 0 Å². The summed E-state index contributed by atoms with van der Waals surface area (Å²) < 4.78 is 1.06. The number of benzene rings is 2. The largest absolute Gasteiger partial charge is 0.302 e. The van der Waals surface area contributed by atoms with Gasteiger partial charge in [0.15, 0.2) is 5.13 Å². The minimum Gasteiger partial charge on any atom is -0.302 e. The van der Waals surface area contributed by atoms with E-state index in [1.807, 2.05) is 18.4 Å². The molecule has 0 atom stereocenters. The highest BCUT2D eigenvalue weighted by atomic mass is 35.5. The molecule has 1 aromatic heterocycles. The normalized spacial score (nSPS) is 11.4. The summed E-state index contributed by atoms with van der Waals surface area (Å²) in [5.41, 5.74) is 1.28. The fraction of sp³-hybridized carbons (Fsp3) is 0.333. The zero-order chi connectivity index (χ0) is 21.0. The molecule has 0 N–H and O–H groups in total. The first-order chi connectivity index (χ1) is 14.0. The molecule has 0 radical (unpaired) electrons. The molecule has 0 spiro atoms. The summed E-state index contributed by atoms with van der Waals surface area (Å²) in [6.07, 6.45) is 2.05. The van der Waals surface area contributed by atoms with Crippen LogP contribution in [0.25, 0.3) is 10.2 Å². The second kappa shape index (κ2) is 10.1. The molecule has 0 fully saturated rings. The number of halogens is 2. The topological polar surface area (TPSA) is 36.4 Å². The number of rotatable bonds is 8. The Morgan fingerprint density at radius 2 is 1.86 bits per heavy atom. The summed E-state index contributed by atoms with van der Waals surface area (Å²) in [5.74, 6) is -0.186. The number of hydrogen-bond acceptors (Lipinski definition) is 5. The molecule has 3 rings (SSSR count). The van der Waals surface area contributed by atoms with Crippen molar-refractivity contribution in [3.8, 4) is 0 Å². The van der Waals surface area contributed by atoms with Crippen LogP contribution >= 0.6 is 46.3 Å². The van der Waals surface area contributed by atoms with Crippen molar-refractivity contribution in [3.05, 3.63) is 52.0 Å². The molecule has 0 unspecified atom stereocenters. The lowest BCUT2D eigenvalue weighted by Crippen LogP contribution is -2.39. The number of carbonyl (C=O) groups excluding carboxylic acids is 1. The quantitative estimate of drug-likeness (QED) is 0.363. The van der Waals surface area contributed by atoms with Crippen molar-refractivity contribution >= 4 is 67.6 Å². The van der Waals surface area contributed by atoms with Crippen molar-refractivity contribution in [1.29, 1.82) is 0 Å². The number of thiazole rings is 1. The van der Waals surface area contributed by atoms with Crippen LogP contribution in [0.3, 0.4) is 0 Å². The summed E-state index contributed by atoms with van der Waals surface area (Å²) in [6.45, 7) is 7.36. The summed E-state index contributed by atoms with van der Waals surface area (Å²) in [6, 6.07) is 11.1. The number of aromatic nitrogens is 1. The summed E-state index contributed by atoms with van der Waals surface area (Å²) in [7, 11) is 0. The predicted octanol–water partition coefficient (Wildman–Crippen LogP) is 6.31. The summed E-state index contributed by atoms with van der Waals surface area (Å²) in [5, 5.41) is 1.54. The highest BCUT2D eigenvalue weighted by molar-refractivity contribution is 7.98. The monoisotopic (exact) mass is 467 g/mol. The first-order valence-electron chi connectivity index (χ1n) is 9.40. The van der Waals surface area contributed by atoms with Gasteiger partial charge < -0.3 is 4.90 Å². The Balaban J connectivity index is 2.00. The molecule has 3 aromatic rings. The molecule has 4 nitrogen and oxygen atoms in total. The molecule has 29 heavy (non-hydrogen) atoms. The lowest BCUT2D eigenvalue weighted by molar-refractivity contribution is 0.0984. The van der Waals surface area contributed by atoms with Crippen molar-refractivity contribution in [2.24, 2.45) is 0 Å². The Morgan fingerprint density at radius 1 is 1.10 bits per heavy atom. The minimum absolute atomic E-state index is 0.186. The number of fused-ring (bicyclic) bond motifs is 1. The van der Waals surface area contributed by atoms with Gasteiger partial charge in [0.2, 0.25) is 0 Å². The van der Waals surface area contributed by atoms with Crippen LogP contribution in [-0.4, -0.2) is 48.2 Å². The molecule has 0 saturated heterocycles. The number of amides is 1. The van der Waals surface area contributed by atoms with Crippen LogP contribution in [0.4, 0.5) is 5.13 Å². The molecule has 0 saturated carbocycles. The maximum atomic E-state index is 13.4. The zero-order valence-corrected chi connectivity index (χ0v) is 19.8.